The molecule has 0 aliphatic heterocycles. The average Bonchev–Trinajstić information content (AvgIpc) is 2.60. The van der Waals surface area contributed by atoms with Crippen LogP contribution in [0.2, 0.25) is 0 Å². The van der Waals surface area contributed by atoms with Gasteiger partial charge in [-0.3, -0.25) is 4.79 Å². The Morgan fingerprint density at radius 3 is 2.41 bits per heavy atom. The molecule has 3 rings (SSSR count). The van der Waals surface area contributed by atoms with Crippen LogP contribution in [0.15, 0.2) is 42.5 Å². The molecule has 0 fully saturated rings. The minimum Gasteiger partial charge on any atom is -0.324 e. The number of amides is 1. The molecule has 0 aliphatic carbocycles. The molecule has 0 bridgehead atoms. The quantitative estimate of drug-likeness (QED) is 0.702. The van der Waals surface area contributed by atoms with E-state index in [0.29, 0.717) is 5.69 Å². The predicted molar refractivity (Wildman–Crippen MR) is 100 cm³/mol. The first-order chi connectivity index (χ1) is 12.8. The van der Waals surface area contributed by atoms with Gasteiger partial charge in [-0.2, -0.15) is 0 Å². The molecule has 0 saturated carbocycles. The lowest BCUT2D eigenvalue weighted by molar-refractivity contribution is 0.102. The maximum absolute atomic E-state index is 13.3. The van der Waals surface area contributed by atoms with Gasteiger partial charge in [-0.15, -0.1) is 0 Å². The Hall–Kier alpha value is -3.35. The number of anilines is 3. The lowest BCUT2D eigenvalue weighted by Crippen LogP contribution is -2.16. The van der Waals surface area contributed by atoms with Crippen molar-refractivity contribution in [2.75, 3.05) is 10.6 Å². The fourth-order valence-electron chi connectivity index (χ4n) is 2.58. The summed E-state index contributed by atoms with van der Waals surface area (Å²) in [5.41, 5.74) is 3.83. The van der Waals surface area contributed by atoms with Crippen LogP contribution in [-0.2, 0) is 0 Å². The highest BCUT2D eigenvalue weighted by atomic mass is 19.2. The highest BCUT2D eigenvalue weighted by Crippen LogP contribution is 2.20. The van der Waals surface area contributed by atoms with Crippen LogP contribution in [0.3, 0.4) is 0 Å². The molecule has 2 aromatic carbocycles. The molecule has 0 aliphatic rings. The Morgan fingerprint density at radius 2 is 1.70 bits per heavy atom. The Balaban J connectivity index is 1.83. The monoisotopic (exact) mass is 368 g/mol. The standard InChI is InChI=1S/C20H18F2N4O/c1-11-4-7-17(12(2)8-11)25-20-23-13(3)9-18(26-20)19(27)24-14-5-6-15(21)16(22)10-14/h4-10H,1-3H3,(H,24,27)(H,23,25,26). The zero-order valence-corrected chi connectivity index (χ0v) is 15.1. The van der Waals surface area contributed by atoms with Gasteiger partial charge in [0.05, 0.1) is 0 Å². The number of nitrogens with one attached hydrogen (secondary N) is 2. The first-order valence-corrected chi connectivity index (χ1v) is 8.28. The summed E-state index contributed by atoms with van der Waals surface area (Å²) < 4.78 is 26.3. The minimum atomic E-state index is -1.04. The predicted octanol–water partition coefficient (Wildman–Crippen LogP) is 4.68. The molecule has 27 heavy (non-hydrogen) atoms. The molecule has 0 saturated heterocycles. The van der Waals surface area contributed by atoms with E-state index >= 15 is 0 Å². The summed E-state index contributed by atoms with van der Waals surface area (Å²) >= 11 is 0. The fraction of sp³-hybridized carbons (Fsp3) is 0.150. The molecule has 3 aromatic rings. The van der Waals surface area contributed by atoms with E-state index in [1.165, 1.54) is 12.1 Å². The summed E-state index contributed by atoms with van der Waals surface area (Å²) in [6, 6.07) is 10.6. The molecular formula is C20H18F2N4O. The normalized spacial score (nSPS) is 10.6. The van der Waals surface area contributed by atoms with Crippen molar-refractivity contribution in [3.63, 3.8) is 0 Å². The van der Waals surface area contributed by atoms with Crippen molar-refractivity contribution in [2.45, 2.75) is 20.8 Å². The van der Waals surface area contributed by atoms with Crippen LogP contribution in [0.1, 0.15) is 27.3 Å². The summed E-state index contributed by atoms with van der Waals surface area (Å²) in [4.78, 5) is 21.0. The van der Waals surface area contributed by atoms with Crippen molar-refractivity contribution in [1.29, 1.82) is 0 Å². The van der Waals surface area contributed by atoms with Gasteiger partial charge in [0, 0.05) is 23.1 Å². The van der Waals surface area contributed by atoms with Gasteiger partial charge < -0.3 is 10.6 Å². The van der Waals surface area contributed by atoms with Crippen molar-refractivity contribution in [3.8, 4) is 0 Å². The van der Waals surface area contributed by atoms with Gasteiger partial charge in [0.15, 0.2) is 11.6 Å². The number of hydrogen-bond donors (Lipinski definition) is 2. The van der Waals surface area contributed by atoms with E-state index in [0.717, 1.165) is 28.9 Å². The number of aromatic nitrogens is 2. The van der Waals surface area contributed by atoms with Crippen molar-refractivity contribution in [1.82, 2.24) is 9.97 Å². The van der Waals surface area contributed by atoms with Gasteiger partial charge in [-0.25, -0.2) is 18.7 Å². The van der Waals surface area contributed by atoms with Gasteiger partial charge in [-0.1, -0.05) is 17.7 Å². The molecule has 0 spiro atoms. The highest BCUT2D eigenvalue weighted by Gasteiger charge is 2.13. The van der Waals surface area contributed by atoms with E-state index < -0.39 is 17.5 Å². The Kier molecular flexibility index (Phi) is 5.12. The van der Waals surface area contributed by atoms with Crippen LogP contribution in [0, 0.1) is 32.4 Å². The Morgan fingerprint density at radius 1 is 0.926 bits per heavy atom. The number of halogens is 2. The van der Waals surface area contributed by atoms with E-state index in [2.05, 4.69) is 20.6 Å². The van der Waals surface area contributed by atoms with E-state index in [1.54, 1.807) is 6.92 Å². The van der Waals surface area contributed by atoms with Crippen LogP contribution in [0.4, 0.5) is 26.1 Å². The minimum absolute atomic E-state index is 0.111. The van der Waals surface area contributed by atoms with E-state index in [-0.39, 0.29) is 17.3 Å². The first kappa shape index (κ1) is 18.4. The van der Waals surface area contributed by atoms with Gasteiger partial charge >= 0.3 is 0 Å². The Bertz CT molecular complexity index is 1020. The average molecular weight is 368 g/mol. The SMILES string of the molecule is Cc1ccc(Nc2nc(C)cc(C(=O)Nc3ccc(F)c(F)c3)n2)c(C)c1. The third-order valence-electron chi connectivity index (χ3n) is 3.89. The van der Waals surface area contributed by atoms with E-state index in [9.17, 15) is 13.6 Å². The second-order valence-electron chi connectivity index (χ2n) is 6.24. The molecule has 1 aromatic heterocycles. The van der Waals surface area contributed by atoms with Crippen molar-refractivity contribution >= 4 is 23.2 Å². The largest absolute Gasteiger partial charge is 0.324 e. The highest BCUT2D eigenvalue weighted by molar-refractivity contribution is 6.03. The molecule has 5 nitrogen and oxygen atoms in total. The summed E-state index contributed by atoms with van der Waals surface area (Å²) in [7, 11) is 0. The molecule has 2 N–H and O–H groups in total. The van der Waals surface area contributed by atoms with Crippen molar-refractivity contribution in [2.24, 2.45) is 0 Å². The Labute approximate surface area is 155 Å². The number of hydrogen-bond acceptors (Lipinski definition) is 4. The van der Waals surface area contributed by atoms with Crippen LogP contribution < -0.4 is 10.6 Å². The summed E-state index contributed by atoms with van der Waals surface area (Å²) in [5, 5.41) is 5.60. The van der Waals surface area contributed by atoms with Gasteiger partial charge in [0.25, 0.3) is 5.91 Å². The van der Waals surface area contributed by atoms with Crippen LogP contribution in [0.5, 0.6) is 0 Å². The molecule has 0 unspecified atom stereocenters. The molecule has 1 amide bonds. The topological polar surface area (TPSA) is 66.9 Å². The van der Waals surface area contributed by atoms with Gasteiger partial charge in [0.2, 0.25) is 5.95 Å². The number of nitrogens with zero attached hydrogens (tertiary/aromatic N) is 2. The zero-order valence-electron chi connectivity index (χ0n) is 15.1. The maximum atomic E-state index is 13.3. The number of carbonyl (C=O) groups is 1. The lowest BCUT2D eigenvalue weighted by atomic mass is 10.1. The second kappa shape index (κ2) is 7.49. The smallest absolute Gasteiger partial charge is 0.274 e. The summed E-state index contributed by atoms with van der Waals surface area (Å²) in [5.74, 6) is -2.29. The van der Waals surface area contributed by atoms with Crippen LogP contribution in [0.25, 0.3) is 0 Å². The van der Waals surface area contributed by atoms with Crippen LogP contribution >= 0.6 is 0 Å². The lowest BCUT2D eigenvalue weighted by Gasteiger charge is -2.11. The van der Waals surface area contributed by atoms with Gasteiger partial charge in [-0.05, 0) is 50.6 Å². The molecule has 7 heteroatoms. The third-order valence-corrected chi connectivity index (χ3v) is 3.89. The summed E-state index contributed by atoms with van der Waals surface area (Å²) in [6.45, 7) is 5.70. The van der Waals surface area contributed by atoms with E-state index in [1.807, 2.05) is 32.0 Å². The zero-order chi connectivity index (χ0) is 19.6. The number of aryl methyl sites for hydroxylation is 3. The molecule has 0 atom stereocenters. The third kappa shape index (κ3) is 4.44. The molecule has 138 valence electrons. The van der Waals surface area contributed by atoms with Crippen LogP contribution in [-0.4, -0.2) is 15.9 Å². The second-order valence-corrected chi connectivity index (χ2v) is 6.24. The number of carbonyl (C=O) groups excluding carboxylic acids is 1. The first-order valence-electron chi connectivity index (χ1n) is 8.28. The maximum Gasteiger partial charge on any atom is 0.274 e. The fourth-order valence-corrected chi connectivity index (χ4v) is 2.58. The van der Waals surface area contributed by atoms with Gasteiger partial charge in [0.1, 0.15) is 5.69 Å². The number of rotatable bonds is 4. The molecule has 1 heterocycles. The number of benzene rings is 2. The molecule has 0 radical (unpaired) electrons. The summed E-state index contributed by atoms with van der Waals surface area (Å²) in [6.07, 6.45) is 0. The van der Waals surface area contributed by atoms with E-state index in [4.69, 9.17) is 0 Å². The van der Waals surface area contributed by atoms with Crippen molar-refractivity contribution < 1.29 is 13.6 Å². The molecular weight excluding hydrogens is 350 g/mol. The van der Waals surface area contributed by atoms with Crippen molar-refractivity contribution in [3.05, 3.63) is 76.6 Å².